The van der Waals surface area contributed by atoms with Gasteiger partial charge >= 0.3 is 0 Å². The van der Waals surface area contributed by atoms with E-state index in [0.717, 1.165) is 0 Å². The molecule has 2 amide bonds. The molecule has 0 spiro atoms. The highest BCUT2D eigenvalue weighted by molar-refractivity contribution is 6.05. The van der Waals surface area contributed by atoms with Crippen LogP contribution in [-0.4, -0.2) is 41.9 Å². The van der Waals surface area contributed by atoms with E-state index in [1.807, 2.05) is 13.8 Å². The Balaban J connectivity index is 2.12. The number of benzene rings is 1. The molecule has 2 rings (SSSR count). The van der Waals surface area contributed by atoms with Gasteiger partial charge < -0.3 is 15.4 Å². The molecule has 0 saturated carbocycles. The zero-order valence-corrected chi connectivity index (χ0v) is 15.0. The van der Waals surface area contributed by atoms with E-state index in [1.165, 1.54) is 6.20 Å². The lowest BCUT2D eigenvalue weighted by Gasteiger charge is -2.12. The molecule has 134 valence electrons. The number of aromatic nitrogens is 2. The summed E-state index contributed by atoms with van der Waals surface area (Å²) in [4.78, 5) is 24.6. The number of anilines is 1. The third-order valence-corrected chi connectivity index (χ3v) is 3.81. The van der Waals surface area contributed by atoms with Crippen molar-refractivity contribution in [3.8, 4) is 0 Å². The molecule has 0 saturated heterocycles. The number of nitrogens with one attached hydrogen (secondary N) is 2. The second-order valence-corrected chi connectivity index (χ2v) is 5.98. The monoisotopic (exact) mass is 344 g/mol. The van der Waals surface area contributed by atoms with Gasteiger partial charge in [-0.25, -0.2) is 0 Å². The fourth-order valence-electron chi connectivity index (χ4n) is 2.31. The Labute approximate surface area is 147 Å². The van der Waals surface area contributed by atoms with Gasteiger partial charge in [-0.05, 0) is 38.5 Å². The summed E-state index contributed by atoms with van der Waals surface area (Å²) in [5, 5.41) is 9.79. The molecule has 1 aromatic carbocycles. The third-order valence-electron chi connectivity index (χ3n) is 3.81. The van der Waals surface area contributed by atoms with E-state index < -0.39 is 0 Å². The Bertz CT molecular complexity index is 753. The van der Waals surface area contributed by atoms with Crippen LogP contribution in [0.15, 0.2) is 30.6 Å². The Hall–Kier alpha value is -2.67. The van der Waals surface area contributed by atoms with Gasteiger partial charge in [-0.1, -0.05) is 6.07 Å². The van der Waals surface area contributed by atoms with Gasteiger partial charge in [-0.3, -0.25) is 14.3 Å². The number of carbonyl (C=O) groups is 2. The maximum absolute atomic E-state index is 12.4. The average molecular weight is 344 g/mol. The van der Waals surface area contributed by atoms with E-state index in [2.05, 4.69) is 15.7 Å². The molecular formula is C18H24N4O3. The van der Waals surface area contributed by atoms with Crippen molar-refractivity contribution in [1.29, 1.82) is 0 Å². The molecular weight excluding hydrogens is 320 g/mol. The number of hydrogen-bond donors (Lipinski definition) is 2. The molecule has 0 aliphatic heterocycles. The van der Waals surface area contributed by atoms with E-state index in [4.69, 9.17) is 4.74 Å². The maximum atomic E-state index is 12.4. The van der Waals surface area contributed by atoms with Crippen molar-refractivity contribution in [1.82, 2.24) is 15.1 Å². The van der Waals surface area contributed by atoms with Crippen LogP contribution in [0.3, 0.4) is 0 Å². The molecule has 1 heterocycles. The first-order chi connectivity index (χ1) is 11.9. The van der Waals surface area contributed by atoms with Crippen LogP contribution in [0.4, 0.5) is 5.69 Å². The summed E-state index contributed by atoms with van der Waals surface area (Å²) in [5.41, 5.74) is 2.30. The smallest absolute Gasteiger partial charge is 0.258 e. The van der Waals surface area contributed by atoms with E-state index >= 15 is 0 Å². The molecule has 0 unspecified atom stereocenters. The minimum atomic E-state index is -0.257. The van der Waals surface area contributed by atoms with Crippen molar-refractivity contribution >= 4 is 17.5 Å². The van der Waals surface area contributed by atoms with Crippen LogP contribution >= 0.6 is 0 Å². The molecule has 2 N–H and O–H groups in total. The minimum absolute atomic E-state index is 0.183. The Morgan fingerprint density at radius 1 is 1.28 bits per heavy atom. The number of rotatable bonds is 7. The molecule has 2 aromatic rings. The number of nitrogens with zero attached hydrogens (tertiary/aromatic N) is 2. The molecule has 1 aromatic heterocycles. The number of carbonyl (C=O) groups excluding carboxylic acids is 2. The maximum Gasteiger partial charge on any atom is 0.258 e. The zero-order chi connectivity index (χ0) is 18.4. The van der Waals surface area contributed by atoms with Gasteiger partial charge in [0.25, 0.3) is 11.8 Å². The van der Waals surface area contributed by atoms with Crippen LogP contribution in [0, 0.1) is 6.92 Å². The fourth-order valence-corrected chi connectivity index (χ4v) is 2.31. The van der Waals surface area contributed by atoms with Crippen LogP contribution < -0.4 is 10.6 Å². The highest BCUT2D eigenvalue weighted by Crippen LogP contribution is 2.20. The SMILES string of the molecule is COCCNC(=O)c1cccc(NC(=O)c2cnn(C(C)C)c2)c1C. The van der Waals surface area contributed by atoms with Crippen molar-refractivity contribution < 1.29 is 14.3 Å². The first-order valence-corrected chi connectivity index (χ1v) is 8.16. The summed E-state index contributed by atoms with van der Waals surface area (Å²) < 4.78 is 6.65. The Morgan fingerprint density at radius 2 is 2.04 bits per heavy atom. The summed E-state index contributed by atoms with van der Waals surface area (Å²) in [5.74, 6) is -0.454. The van der Waals surface area contributed by atoms with Gasteiger partial charge in [0, 0.05) is 37.1 Å². The van der Waals surface area contributed by atoms with E-state index in [1.54, 1.807) is 43.1 Å². The van der Waals surface area contributed by atoms with Gasteiger partial charge in [0.2, 0.25) is 0 Å². The lowest BCUT2D eigenvalue weighted by Crippen LogP contribution is -2.27. The Morgan fingerprint density at radius 3 is 2.68 bits per heavy atom. The molecule has 25 heavy (non-hydrogen) atoms. The summed E-state index contributed by atoms with van der Waals surface area (Å²) in [6.45, 7) is 6.66. The molecule has 0 atom stereocenters. The highest BCUT2D eigenvalue weighted by atomic mass is 16.5. The lowest BCUT2D eigenvalue weighted by molar-refractivity contribution is 0.0935. The van der Waals surface area contributed by atoms with Crippen molar-refractivity contribution in [2.24, 2.45) is 0 Å². The summed E-state index contributed by atoms with van der Waals surface area (Å²) in [6, 6.07) is 5.42. The quantitative estimate of drug-likeness (QED) is 0.755. The molecule has 0 bridgehead atoms. The van der Waals surface area contributed by atoms with Crippen LogP contribution in [-0.2, 0) is 4.74 Å². The number of hydrogen-bond acceptors (Lipinski definition) is 4. The van der Waals surface area contributed by atoms with Crippen LogP contribution in [0.2, 0.25) is 0 Å². The summed E-state index contributed by atoms with van der Waals surface area (Å²) in [7, 11) is 1.58. The zero-order valence-electron chi connectivity index (χ0n) is 15.0. The van der Waals surface area contributed by atoms with Crippen molar-refractivity contribution in [2.75, 3.05) is 25.6 Å². The molecule has 0 radical (unpaired) electrons. The normalized spacial score (nSPS) is 10.8. The van der Waals surface area contributed by atoms with Crippen LogP contribution in [0.5, 0.6) is 0 Å². The first-order valence-electron chi connectivity index (χ1n) is 8.16. The van der Waals surface area contributed by atoms with E-state index in [0.29, 0.717) is 35.5 Å². The number of amides is 2. The van der Waals surface area contributed by atoms with Gasteiger partial charge in [0.1, 0.15) is 0 Å². The third kappa shape index (κ3) is 4.67. The standard InChI is InChI=1S/C18H24N4O3/c1-12(2)22-11-14(10-20-22)17(23)21-16-7-5-6-15(13(16)3)18(24)19-8-9-25-4/h5-7,10-12H,8-9H2,1-4H3,(H,19,24)(H,21,23). The van der Waals surface area contributed by atoms with Crippen LogP contribution in [0.25, 0.3) is 0 Å². The average Bonchev–Trinajstić information content (AvgIpc) is 3.07. The largest absolute Gasteiger partial charge is 0.383 e. The first kappa shape index (κ1) is 18.7. The molecule has 7 nitrogen and oxygen atoms in total. The molecule has 0 aliphatic rings. The van der Waals surface area contributed by atoms with E-state index in [9.17, 15) is 9.59 Å². The topological polar surface area (TPSA) is 85.2 Å². The second-order valence-electron chi connectivity index (χ2n) is 5.98. The van der Waals surface area contributed by atoms with E-state index in [-0.39, 0.29) is 17.9 Å². The van der Waals surface area contributed by atoms with Gasteiger partial charge in [-0.15, -0.1) is 0 Å². The minimum Gasteiger partial charge on any atom is -0.383 e. The van der Waals surface area contributed by atoms with Gasteiger partial charge in [-0.2, -0.15) is 5.10 Å². The number of ether oxygens (including phenoxy) is 1. The van der Waals surface area contributed by atoms with Crippen LogP contribution in [0.1, 0.15) is 46.2 Å². The molecule has 0 fully saturated rings. The second kappa shape index (κ2) is 8.43. The number of methoxy groups -OCH3 is 1. The predicted octanol–water partition coefficient (Wildman–Crippen LogP) is 2.40. The predicted molar refractivity (Wildman–Crippen MR) is 96.0 cm³/mol. The van der Waals surface area contributed by atoms with Crippen molar-refractivity contribution in [2.45, 2.75) is 26.8 Å². The summed E-state index contributed by atoms with van der Waals surface area (Å²) >= 11 is 0. The van der Waals surface area contributed by atoms with Gasteiger partial charge in [0.05, 0.1) is 18.4 Å². The lowest BCUT2D eigenvalue weighted by atomic mass is 10.1. The van der Waals surface area contributed by atoms with Crippen molar-refractivity contribution in [3.63, 3.8) is 0 Å². The van der Waals surface area contributed by atoms with Gasteiger partial charge in [0.15, 0.2) is 0 Å². The Kier molecular flexibility index (Phi) is 6.30. The summed E-state index contributed by atoms with van der Waals surface area (Å²) in [6.07, 6.45) is 3.24. The fraction of sp³-hybridized carbons (Fsp3) is 0.389. The molecule has 0 aliphatic carbocycles. The van der Waals surface area contributed by atoms with Crippen molar-refractivity contribution in [3.05, 3.63) is 47.3 Å². The highest BCUT2D eigenvalue weighted by Gasteiger charge is 2.15. The molecule has 7 heteroatoms.